The van der Waals surface area contributed by atoms with Crippen molar-refractivity contribution in [1.82, 2.24) is 14.9 Å². The maximum atomic E-state index is 12.1. The summed E-state index contributed by atoms with van der Waals surface area (Å²) in [6.07, 6.45) is 0. The molecule has 0 saturated carbocycles. The van der Waals surface area contributed by atoms with E-state index in [1.165, 1.54) is 6.07 Å². The van der Waals surface area contributed by atoms with Gasteiger partial charge in [0.2, 0.25) is 15.9 Å². The largest absolute Gasteiger partial charge is 0.398 e. The van der Waals surface area contributed by atoms with Crippen LogP contribution in [0.5, 0.6) is 0 Å². The van der Waals surface area contributed by atoms with E-state index in [9.17, 15) is 8.42 Å². The summed E-state index contributed by atoms with van der Waals surface area (Å²) in [6.45, 7) is 3.41. The molecule has 1 aromatic carbocycles. The first-order valence-corrected chi connectivity index (χ1v) is 7.02. The van der Waals surface area contributed by atoms with Crippen LogP contribution in [0, 0.1) is 13.8 Å². The van der Waals surface area contributed by atoms with Crippen molar-refractivity contribution in [2.45, 2.75) is 25.3 Å². The number of sulfonamides is 1. The molecule has 0 saturated heterocycles. The maximum Gasteiger partial charge on any atom is 0.243 e. The zero-order valence-electron chi connectivity index (χ0n) is 10.5. The fourth-order valence-electron chi connectivity index (χ4n) is 1.56. The predicted octanol–water partition coefficient (Wildman–Crippen LogP) is 0.747. The molecule has 8 heteroatoms. The van der Waals surface area contributed by atoms with Crippen LogP contribution in [0.4, 0.5) is 5.69 Å². The number of nitrogens with zero attached hydrogens (tertiary/aromatic N) is 2. The van der Waals surface area contributed by atoms with E-state index in [0.29, 0.717) is 5.89 Å². The molecule has 2 rings (SSSR count). The fraction of sp³-hybridized carbons (Fsp3) is 0.273. The van der Waals surface area contributed by atoms with Gasteiger partial charge in [-0.15, -0.1) is 0 Å². The van der Waals surface area contributed by atoms with Crippen molar-refractivity contribution in [1.29, 1.82) is 0 Å². The van der Waals surface area contributed by atoms with E-state index in [2.05, 4.69) is 14.9 Å². The van der Waals surface area contributed by atoms with Gasteiger partial charge in [0.15, 0.2) is 5.82 Å². The molecule has 0 fully saturated rings. The van der Waals surface area contributed by atoms with Gasteiger partial charge in [0, 0.05) is 6.92 Å². The second-order valence-electron chi connectivity index (χ2n) is 4.10. The first-order valence-electron chi connectivity index (χ1n) is 5.53. The molecule has 1 aromatic heterocycles. The van der Waals surface area contributed by atoms with E-state index in [1.807, 2.05) is 6.92 Å². The van der Waals surface area contributed by atoms with Gasteiger partial charge >= 0.3 is 0 Å². The van der Waals surface area contributed by atoms with Crippen molar-refractivity contribution < 1.29 is 12.9 Å². The first-order chi connectivity index (χ1) is 8.88. The van der Waals surface area contributed by atoms with Gasteiger partial charge < -0.3 is 10.3 Å². The standard InChI is InChI=1S/C11H14N4O3S/c1-7-3-4-10(9(12)5-7)19(16,17)13-6-11-14-8(2)18-15-11/h3-5,13H,6,12H2,1-2H3. The summed E-state index contributed by atoms with van der Waals surface area (Å²) < 4.78 is 31.3. The van der Waals surface area contributed by atoms with Crippen LogP contribution >= 0.6 is 0 Å². The Morgan fingerprint density at radius 3 is 2.68 bits per heavy atom. The zero-order valence-corrected chi connectivity index (χ0v) is 11.4. The summed E-state index contributed by atoms with van der Waals surface area (Å²) in [6, 6.07) is 4.75. The van der Waals surface area contributed by atoms with E-state index in [0.717, 1.165) is 5.56 Å². The van der Waals surface area contributed by atoms with Crippen molar-refractivity contribution in [2.24, 2.45) is 0 Å². The maximum absolute atomic E-state index is 12.1. The molecule has 0 aliphatic rings. The Bertz CT molecular complexity index is 694. The van der Waals surface area contributed by atoms with Crippen LogP contribution in [0.1, 0.15) is 17.3 Å². The van der Waals surface area contributed by atoms with Gasteiger partial charge in [0.05, 0.1) is 12.2 Å². The number of nitrogens with two attached hydrogens (primary N) is 1. The lowest BCUT2D eigenvalue weighted by Gasteiger charge is -2.08. The van der Waals surface area contributed by atoms with Gasteiger partial charge in [-0.25, -0.2) is 13.1 Å². The van der Waals surface area contributed by atoms with Crippen LogP contribution in [0.3, 0.4) is 0 Å². The smallest absolute Gasteiger partial charge is 0.243 e. The minimum atomic E-state index is -3.69. The molecule has 0 radical (unpaired) electrons. The lowest BCUT2D eigenvalue weighted by molar-refractivity contribution is 0.387. The molecule has 7 nitrogen and oxygen atoms in total. The van der Waals surface area contributed by atoms with Crippen LogP contribution in [0.15, 0.2) is 27.6 Å². The van der Waals surface area contributed by atoms with Crippen LogP contribution in [-0.4, -0.2) is 18.6 Å². The van der Waals surface area contributed by atoms with E-state index < -0.39 is 10.0 Å². The average Bonchev–Trinajstić information content (AvgIpc) is 2.72. The molecule has 0 bridgehead atoms. The van der Waals surface area contributed by atoms with Crippen molar-refractivity contribution >= 4 is 15.7 Å². The summed E-state index contributed by atoms with van der Waals surface area (Å²) in [5.41, 5.74) is 6.81. The topological polar surface area (TPSA) is 111 Å². The molecular weight excluding hydrogens is 268 g/mol. The van der Waals surface area contributed by atoms with Crippen molar-refractivity contribution in [3.8, 4) is 0 Å². The lowest BCUT2D eigenvalue weighted by Crippen LogP contribution is -2.24. The summed E-state index contributed by atoms with van der Waals surface area (Å²) in [5, 5.41) is 3.60. The molecule has 0 amide bonds. The number of anilines is 1. The Morgan fingerprint density at radius 2 is 2.11 bits per heavy atom. The molecule has 0 spiro atoms. The Balaban J connectivity index is 2.18. The van der Waals surface area contributed by atoms with Gasteiger partial charge in [0.1, 0.15) is 4.90 Å². The molecule has 102 valence electrons. The number of nitrogen functional groups attached to an aromatic ring is 1. The summed E-state index contributed by atoms with van der Waals surface area (Å²) >= 11 is 0. The molecule has 0 aliphatic carbocycles. The first kappa shape index (κ1) is 13.5. The quantitative estimate of drug-likeness (QED) is 0.800. The summed E-state index contributed by atoms with van der Waals surface area (Å²) in [4.78, 5) is 3.95. The van der Waals surface area contributed by atoms with Crippen LogP contribution in [0.25, 0.3) is 0 Å². The highest BCUT2D eigenvalue weighted by atomic mass is 32.2. The lowest BCUT2D eigenvalue weighted by atomic mass is 10.2. The number of aryl methyl sites for hydroxylation is 2. The van der Waals surface area contributed by atoms with Gasteiger partial charge in [-0.1, -0.05) is 11.2 Å². The molecule has 3 N–H and O–H groups in total. The molecule has 1 heterocycles. The van der Waals surface area contributed by atoms with Crippen LogP contribution in [-0.2, 0) is 16.6 Å². The molecule has 0 aliphatic heterocycles. The fourth-order valence-corrected chi connectivity index (χ4v) is 2.65. The molecule has 0 unspecified atom stereocenters. The number of rotatable bonds is 4. The molecular formula is C11H14N4O3S. The number of aromatic nitrogens is 2. The third kappa shape index (κ3) is 3.09. The molecule has 2 aromatic rings. The normalized spacial score (nSPS) is 11.7. The monoisotopic (exact) mass is 282 g/mol. The van der Waals surface area contributed by atoms with E-state index in [-0.39, 0.29) is 23.0 Å². The minimum Gasteiger partial charge on any atom is -0.398 e. The Hall–Kier alpha value is -1.93. The SMILES string of the molecule is Cc1ccc(S(=O)(=O)NCc2noc(C)n2)c(N)c1. The summed E-state index contributed by atoms with van der Waals surface area (Å²) in [7, 11) is -3.69. The van der Waals surface area contributed by atoms with Gasteiger partial charge in [-0.2, -0.15) is 4.98 Å². The predicted molar refractivity (Wildman–Crippen MR) is 68.7 cm³/mol. The number of benzene rings is 1. The second kappa shape index (κ2) is 4.98. The average molecular weight is 282 g/mol. The third-order valence-electron chi connectivity index (χ3n) is 2.44. The Kier molecular flexibility index (Phi) is 3.54. The van der Waals surface area contributed by atoms with Gasteiger partial charge in [-0.3, -0.25) is 0 Å². The van der Waals surface area contributed by atoms with Crippen molar-refractivity contribution in [3.05, 3.63) is 35.5 Å². The van der Waals surface area contributed by atoms with Crippen molar-refractivity contribution in [2.75, 3.05) is 5.73 Å². The van der Waals surface area contributed by atoms with Crippen molar-refractivity contribution in [3.63, 3.8) is 0 Å². The summed E-state index contributed by atoms with van der Waals surface area (Å²) in [5.74, 6) is 0.649. The van der Waals surface area contributed by atoms with E-state index in [1.54, 1.807) is 19.1 Å². The Labute approximate surface area is 110 Å². The second-order valence-corrected chi connectivity index (χ2v) is 5.83. The zero-order chi connectivity index (χ0) is 14.0. The van der Waals surface area contributed by atoms with E-state index >= 15 is 0 Å². The highest BCUT2D eigenvalue weighted by molar-refractivity contribution is 7.89. The minimum absolute atomic E-state index is 0.0401. The van der Waals surface area contributed by atoms with Crippen LogP contribution in [0.2, 0.25) is 0 Å². The third-order valence-corrected chi connectivity index (χ3v) is 3.92. The van der Waals surface area contributed by atoms with Gasteiger partial charge in [-0.05, 0) is 24.6 Å². The Morgan fingerprint density at radius 1 is 1.37 bits per heavy atom. The van der Waals surface area contributed by atoms with Gasteiger partial charge in [0.25, 0.3) is 0 Å². The number of nitrogens with one attached hydrogen (secondary N) is 1. The number of hydrogen-bond acceptors (Lipinski definition) is 6. The highest BCUT2D eigenvalue weighted by Crippen LogP contribution is 2.19. The highest BCUT2D eigenvalue weighted by Gasteiger charge is 2.18. The van der Waals surface area contributed by atoms with E-state index in [4.69, 9.17) is 10.3 Å². The molecule has 0 atom stereocenters. The molecule has 19 heavy (non-hydrogen) atoms. The van der Waals surface area contributed by atoms with Crippen LogP contribution < -0.4 is 10.5 Å². The number of hydrogen-bond donors (Lipinski definition) is 2.